The van der Waals surface area contributed by atoms with Gasteiger partial charge in [0.15, 0.2) is 0 Å². The number of aromatic nitrogens is 1. The van der Waals surface area contributed by atoms with Crippen LogP contribution in [-0.4, -0.2) is 30.1 Å². The first-order chi connectivity index (χ1) is 8.61. The van der Waals surface area contributed by atoms with Crippen LogP contribution in [0.1, 0.15) is 29.8 Å². The Morgan fingerprint density at radius 1 is 1.44 bits per heavy atom. The Balaban J connectivity index is 2.09. The number of carbonyl (C=O) groups is 1. The van der Waals surface area contributed by atoms with Crippen molar-refractivity contribution in [3.05, 3.63) is 28.0 Å². The Labute approximate surface area is 116 Å². The molecule has 4 nitrogen and oxygen atoms in total. The number of ether oxygens (including phenoxy) is 1. The van der Waals surface area contributed by atoms with E-state index in [1.54, 1.807) is 19.2 Å². The van der Waals surface area contributed by atoms with Crippen molar-refractivity contribution in [3.8, 4) is 0 Å². The minimum absolute atomic E-state index is 0.0133. The van der Waals surface area contributed by atoms with E-state index in [2.05, 4.69) is 10.3 Å². The molecule has 0 radical (unpaired) electrons. The molecule has 1 aliphatic carbocycles. The monoisotopic (exact) mass is 288 g/mol. The van der Waals surface area contributed by atoms with Gasteiger partial charge in [0, 0.05) is 7.11 Å². The highest BCUT2D eigenvalue weighted by Gasteiger charge is 2.29. The molecule has 0 aromatic carbocycles. The minimum atomic E-state index is -0.309. The predicted molar refractivity (Wildman–Crippen MR) is 70.2 cm³/mol. The first-order valence-corrected chi connectivity index (χ1v) is 6.53. The van der Waals surface area contributed by atoms with Gasteiger partial charge in [-0.25, -0.2) is 4.98 Å². The number of nitrogens with zero attached hydrogens (tertiary/aromatic N) is 1. The molecule has 0 aliphatic heterocycles. The Morgan fingerprint density at radius 3 is 2.94 bits per heavy atom. The Morgan fingerprint density at radius 2 is 2.22 bits per heavy atom. The maximum Gasteiger partial charge on any atom is 0.271 e. The number of hydrogen-bond acceptors (Lipinski definition) is 3. The molecule has 6 heteroatoms. The molecule has 1 aliphatic rings. The van der Waals surface area contributed by atoms with Crippen LogP contribution in [0.25, 0.3) is 0 Å². The third-order valence-corrected chi connectivity index (χ3v) is 3.61. The summed E-state index contributed by atoms with van der Waals surface area (Å²) in [4.78, 5) is 16.0. The highest BCUT2D eigenvalue weighted by atomic mass is 35.5. The zero-order chi connectivity index (χ0) is 13.1. The smallest absolute Gasteiger partial charge is 0.271 e. The quantitative estimate of drug-likeness (QED) is 0.870. The Kier molecular flexibility index (Phi) is 4.43. The molecule has 1 saturated carbocycles. The number of amides is 1. The average Bonchev–Trinajstić information content (AvgIpc) is 2.79. The lowest BCUT2D eigenvalue weighted by Crippen LogP contribution is -2.41. The topological polar surface area (TPSA) is 51.2 Å². The molecule has 2 atom stereocenters. The molecule has 98 valence electrons. The van der Waals surface area contributed by atoms with Crippen molar-refractivity contribution in [2.24, 2.45) is 0 Å². The first-order valence-electron chi connectivity index (χ1n) is 5.77. The fraction of sp³-hybridized carbons (Fsp3) is 0.500. The molecule has 18 heavy (non-hydrogen) atoms. The first kappa shape index (κ1) is 13.6. The highest BCUT2D eigenvalue weighted by Crippen LogP contribution is 2.23. The van der Waals surface area contributed by atoms with Gasteiger partial charge in [-0.15, -0.1) is 0 Å². The molecule has 1 aromatic heterocycles. The number of methoxy groups -OCH3 is 1. The minimum Gasteiger partial charge on any atom is -0.379 e. The fourth-order valence-corrected chi connectivity index (χ4v) is 2.53. The Bertz CT molecular complexity index is 454. The Hall–Kier alpha value is -0.840. The normalized spacial score (nSPS) is 23.1. The van der Waals surface area contributed by atoms with E-state index < -0.39 is 0 Å². The van der Waals surface area contributed by atoms with Gasteiger partial charge >= 0.3 is 0 Å². The maximum atomic E-state index is 12.1. The molecule has 0 saturated heterocycles. The van der Waals surface area contributed by atoms with Crippen LogP contribution in [0.2, 0.25) is 10.2 Å². The van der Waals surface area contributed by atoms with Crippen LogP contribution in [0.3, 0.4) is 0 Å². The van der Waals surface area contributed by atoms with Crippen LogP contribution in [0.15, 0.2) is 12.1 Å². The van der Waals surface area contributed by atoms with E-state index in [1.165, 1.54) is 0 Å². The van der Waals surface area contributed by atoms with Crippen molar-refractivity contribution in [2.45, 2.75) is 31.4 Å². The van der Waals surface area contributed by atoms with Gasteiger partial charge < -0.3 is 10.1 Å². The second-order valence-electron chi connectivity index (χ2n) is 4.25. The lowest BCUT2D eigenvalue weighted by Gasteiger charge is -2.19. The summed E-state index contributed by atoms with van der Waals surface area (Å²) in [6, 6.07) is 3.13. The standard InChI is InChI=1S/C12H14Cl2N2O2/c1-18-9-4-2-3-8(9)15-12(17)11-7(13)5-6-10(14)16-11/h5-6,8-9H,2-4H2,1H3,(H,15,17). The number of pyridine rings is 1. The molecule has 0 bridgehead atoms. The highest BCUT2D eigenvalue weighted by molar-refractivity contribution is 6.34. The van der Waals surface area contributed by atoms with Crippen LogP contribution in [-0.2, 0) is 4.74 Å². The van der Waals surface area contributed by atoms with Gasteiger partial charge in [-0.05, 0) is 31.4 Å². The zero-order valence-electron chi connectivity index (χ0n) is 9.95. The predicted octanol–water partition coefficient (Wildman–Crippen LogP) is 2.69. The van der Waals surface area contributed by atoms with E-state index in [-0.39, 0.29) is 28.9 Å². The van der Waals surface area contributed by atoms with Crippen molar-refractivity contribution in [1.29, 1.82) is 0 Å². The summed E-state index contributed by atoms with van der Waals surface area (Å²) in [6.07, 6.45) is 2.97. The molecule has 0 spiro atoms. The van der Waals surface area contributed by atoms with Gasteiger partial charge in [0.25, 0.3) is 5.91 Å². The van der Waals surface area contributed by atoms with Gasteiger partial charge in [-0.3, -0.25) is 4.79 Å². The van der Waals surface area contributed by atoms with E-state index in [0.29, 0.717) is 5.02 Å². The molecule has 1 heterocycles. The number of nitrogens with one attached hydrogen (secondary N) is 1. The molecular formula is C12H14Cl2N2O2. The average molecular weight is 289 g/mol. The van der Waals surface area contributed by atoms with Crippen molar-refractivity contribution in [2.75, 3.05) is 7.11 Å². The van der Waals surface area contributed by atoms with Crippen molar-refractivity contribution >= 4 is 29.1 Å². The zero-order valence-corrected chi connectivity index (χ0v) is 11.5. The fourth-order valence-electron chi connectivity index (χ4n) is 2.19. The summed E-state index contributed by atoms with van der Waals surface area (Å²) in [7, 11) is 1.65. The largest absolute Gasteiger partial charge is 0.379 e. The summed E-state index contributed by atoms with van der Waals surface area (Å²) in [5, 5.41) is 3.44. The summed E-state index contributed by atoms with van der Waals surface area (Å²) in [5.74, 6) is -0.309. The molecule has 1 aromatic rings. The second-order valence-corrected chi connectivity index (χ2v) is 5.04. The summed E-state index contributed by atoms with van der Waals surface area (Å²) < 4.78 is 5.32. The van der Waals surface area contributed by atoms with Gasteiger partial charge in [0.05, 0.1) is 17.2 Å². The van der Waals surface area contributed by atoms with Gasteiger partial charge in [-0.2, -0.15) is 0 Å². The van der Waals surface area contributed by atoms with E-state index in [4.69, 9.17) is 27.9 Å². The van der Waals surface area contributed by atoms with E-state index in [9.17, 15) is 4.79 Å². The lowest BCUT2D eigenvalue weighted by molar-refractivity contribution is 0.0719. The third kappa shape index (κ3) is 2.94. The van der Waals surface area contributed by atoms with Gasteiger partial charge in [0.2, 0.25) is 0 Å². The van der Waals surface area contributed by atoms with Crippen molar-refractivity contribution in [1.82, 2.24) is 10.3 Å². The number of carbonyl (C=O) groups excluding carboxylic acids is 1. The molecule has 2 rings (SSSR count). The molecular weight excluding hydrogens is 275 g/mol. The SMILES string of the molecule is COC1CCCC1NC(=O)c1nc(Cl)ccc1Cl. The number of rotatable bonds is 3. The van der Waals surface area contributed by atoms with E-state index >= 15 is 0 Å². The maximum absolute atomic E-state index is 12.1. The number of halogens is 2. The van der Waals surface area contributed by atoms with E-state index in [1.807, 2.05) is 0 Å². The summed E-state index contributed by atoms with van der Waals surface area (Å²) >= 11 is 11.7. The van der Waals surface area contributed by atoms with Crippen LogP contribution in [0.4, 0.5) is 0 Å². The molecule has 1 N–H and O–H groups in total. The molecule has 1 fully saturated rings. The third-order valence-electron chi connectivity index (χ3n) is 3.10. The molecule has 2 unspecified atom stereocenters. The summed E-state index contributed by atoms with van der Waals surface area (Å²) in [5.41, 5.74) is 0.158. The van der Waals surface area contributed by atoms with Gasteiger partial charge in [-0.1, -0.05) is 23.2 Å². The number of hydrogen-bond donors (Lipinski definition) is 1. The van der Waals surface area contributed by atoms with Crippen LogP contribution >= 0.6 is 23.2 Å². The molecule has 1 amide bonds. The van der Waals surface area contributed by atoms with Gasteiger partial charge in [0.1, 0.15) is 10.8 Å². The van der Waals surface area contributed by atoms with Crippen LogP contribution in [0.5, 0.6) is 0 Å². The second kappa shape index (κ2) is 5.87. The van der Waals surface area contributed by atoms with Crippen LogP contribution in [0, 0.1) is 0 Å². The van der Waals surface area contributed by atoms with E-state index in [0.717, 1.165) is 19.3 Å². The summed E-state index contributed by atoms with van der Waals surface area (Å²) in [6.45, 7) is 0. The van der Waals surface area contributed by atoms with Crippen LogP contribution < -0.4 is 5.32 Å². The van der Waals surface area contributed by atoms with Crippen molar-refractivity contribution < 1.29 is 9.53 Å². The van der Waals surface area contributed by atoms with Crippen molar-refractivity contribution in [3.63, 3.8) is 0 Å². The lowest BCUT2D eigenvalue weighted by atomic mass is 10.2.